The minimum absolute atomic E-state index is 0.129. The topological polar surface area (TPSA) is 53.9 Å². The minimum atomic E-state index is -0.612. The standard InChI is InChI=1S/C14H10BrClN2O2/c15-8-5-6-12(19)10(7-8)14-17-13(18-20-14)9-3-1-2-4-11(9)16/h1-7,14,19H,(H,17,18)/t14-/m1/s1. The SMILES string of the molecule is Oc1ccc(Br)cc1[C@@H]1N=C(c2ccccc2Cl)NO1. The average Bonchev–Trinajstić information content (AvgIpc) is 2.91. The molecule has 0 amide bonds. The number of benzene rings is 2. The molecule has 20 heavy (non-hydrogen) atoms. The van der Waals surface area contributed by atoms with Crippen LogP contribution in [0.25, 0.3) is 0 Å². The highest BCUT2D eigenvalue weighted by Crippen LogP contribution is 2.33. The monoisotopic (exact) mass is 352 g/mol. The van der Waals surface area contributed by atoms with E-state index >= 15 is 0 Å². The van der Waals surface area contributed by atoms with Crippen LogP contribution in [-0.2, 0) is 4.84 Å². The first-order chi connectivity index (χ1) is 9.65. The van der Waals surface area contributed by atoms with E-state index in [1.165, 1.54) is 0 Å². The van der Waals surface area contributed by atoms with Crippen LogP contribution in [0.5, 0.6) is 5.75 Å². The molecule has 6 heteroatoms. The Morgan fingerprint density at radius 3 is 2.85 bits per heavy atom. The number of phenols is 1. The first kappa shape index (κ1) is 13.4. The Morgan fingerprint density at radius 2 is 2.05 bits per heavy atom. The molecule has 102 valence electrons. The van der Waals surface area contributed by atoms with Gasteiger partial charge in [0.15, 0.2) is 5.84 Å². The maximum Gasteiger partial charge on any atom is 0.206 e. The molecule has 4 nitrogen and oxygen atoms in total. The highest BCUT2D eigenvalue weighted by Gasteiger charge is 2.24. The molecule has 0 bridgehead atoms. The Morgan fingerprint density at radius 1 is 1.25 bits per heavy atom. The lowest BCUT2D eigenvalue weighted by molar-refractivity contribution is 0.0363. The summed E-state index contributed by atoms with van der Waals surface area (Å²) in [5.74, 6) is 0.670. The lowest BCUT2D eigenvalue weighted by Gasteiger charge is -2.08. The molecule has 0 radical (unpaired) electrons. The van der Waals surface area contributed by atoms with Crippen LogP contribution in [0.3, 0.4) is 0 Å². The van der Waals surface area contributed by atoms with E-state index in [4.69, 9.17) is 16.4 Å². The van der Waals surface area contributed by atoms with Crippen LogP contribution in [0.4, 0.5) is 0 Å². The number of amidine groups is 1. The van der Waals surface area contributed by atoms with Gasteiger partial charge in [-0.3, -0.25) is 0 Å². The molecule has 2 aromatic carbocycles. The number of halogens is 2. The summed E-state index contributed by atoms with van der Waals surface area (Å²) < 4.78 is 0.843. The molecule has 1 aliphatic heterocycles. The molecule has 2 N–H and O–H groups in total. The average molecular weight is 354 g/mol. The highest BCUT2D eigenvalue weighted by atomic mass is 79.9. The fraction of sp³-hybridized carbons (Fsp3) is 0.0714. The van der Waals surface area contributed by atoms with E-state index in [9.17, 15) is 5.11 Å². The zero-order chi connectivity index (χ0) is 14.1. The van der Waals surface area contributed by atoms with E-state index < -0.39 is 6.23 Å². The quantitative estimate of drug-likeness (QED) is 0.864. The van der Waals surface area contributed by atoms with Crippen LogP contribution in [0.15, 0.2) is 51.9 Å². The van der Waals surface area contributed by atoms with Crippen molar-refractivity contribution >= 4 is 33.4 Å². The van der Waals surface area contributed by atoms with E-state index in [0.717, 1.165) is 10.0 Å². The van der Waals surface area contributed by atoms with Crippen LogP contribution in [0.1, 0.15) is 17.4 Å². The fourth-order valence-corrected chi connectivity index (χ4v) is 2.52. The van der Waals surface area contributed by atoms with Crippen LogP contribution in [0, 0.1) is 0 Å². The van der Waals surface area contributed by atoms with Crippen molar-refractivity contribution in [2.24, 2.45) is 4.99 Å². The third kappa shape index (κ3) is 2.52. The predicted octanol–water partition coefficient (Wildman–Crippen LogP) is 3.79. The number of hydrogen-bond donors (Lipinski definition) is 2. The summed E-state index contributed by atoms with van der Waals surface area (Å²) in [7, 11) is 0. The molecule has 1 atom stereocenters. The molecule has 3 rings (SSSR count). The number of aromatic hydroxyl groups is 1. The number of hydrogen-bond acceptors (Lipinski definition) is 4. The van der Waals surface area contributed by atoms with Gasteiger partial charge in [0.1, 0.15) is 5.75 Å². The van der Waals surface area contributed by atoms with Gasteiger partial charge in [0.2, 0.25) is 6.23 Å². The molecule has 1 aliphatic rings. The molecule has 0 spiro atoms. The molecule has 0 unspecified atom stereocenters. The van der Waals surface area contributed by atoms with Gasteiger partial charge in [-0.05, 0) is 30.3 Å². The van der Waals surface area contributed by atoms with Crippen molar-refractivity contribution in [2.75, 3.05) is 0 Å². The summed E-state index contributed by atoms with van der Waals surface area (Å²) in [5.41, 5.74) is 4.08. The smallest absolute Gasteiger partial charge is 0.206 e. The number of aliphatic imine (C=N–C) groups is 1. The van der Waals surface area contributed by atoms with Crippen LogP contribution < -0.4 is 5.48 Å². The first-order valence-corrected chi connectivity index (χ1v) is 7.05. The molecule has 0 fully saturated rings. The minimum Gasteiger partial charge on any atom is -0.507 e. The number of phenolic OH excluding ortho intramolecular Hbond substituents is 1. The number of rotatable bonds is 2. The van der Waals surface area contributed by atoms with Gasteiger partial charge < -0.3 is 5.11 Å². The van der Waals surface area contributed by atoms with Gasteiger partial charge >= 0.3 is 0 Å². The zero-order valence-corrected chi connectivity index (χ0v) is 12.5. The zero-order valence-electron chi connectivity index (χ0n) is 10.2. The van der Waals surface area contributed by atoms with Crippen LogP contribution >= 0.6 is 27.5 Å². The van der Waals surface area contributed by atoms with Gasteiger partial charge in [0, 0.05) is 15.6 Å². The second kappa shape index (κ2) is 5.44. The van der Waals surface area contributed by atoms with Crippen molar-refractivity contribution in [1.29, 1.82) is 0 Å². The summed E-state index contributed by atoms with van der Waals surface area (Å²) in [6.07, 6.45) is -0.612. The summed E-state index contributed by atoms with van der Waals surface area (Å²) >= 11 is 9.48. The molecular formula is C14H10BrClN2O2. The second-order valence-corrected chi connectivity index (χ2v) is 5.56. The maximum atomic E-state index is 9.88. The van der Waals surface area contributed by atoms with Crippen molar-refractivity contribution in [1.82, 2.24) is 5.48 Å². The Balaban J connectivity index is 1.96. The third-order valence-corrected chi connectivity index (χ3v) is 3.72. The lowest BCUT2D eigenvalue weighted by Crippen LogP contribution is -2.18. The molecule has 0 aliphatic carbocycles. The van der Waals surface area contributed by atoms with Crippen molar-refractivity contribution < 1.29 is 9.94 Å². The predicted molar refractivity (Wildman–Crippen MR) is 80.8 cm³/mol. The van der Waals surface area contributed by atoms with Crippen LogP contribution in [-0.4, -0.2) is 10.9 Å². The van der Waals surface area contributed by atoms with Gasteiger partial charge in [0.05, 0.1) is 5.02 Å². The molecule has 0 saturated heterocycles. The van der Waals surface area contributed by atoms with Gasteiger partial charge in [-0.1, -0.05) is 39.7 Å². The molecular weight excluding hydrogens is 344 g/mol. The normalized spacial score (nSPS) is 17.7. The van der Waals surface area contributed by atoms with Crippen molar-refractivity contribution in [3.05, 3.63) is 63.1 Å². The van der Waals surface area contributed by atoms with Gasteiger partial charge in [-0.25, -0.2) is 15.3 Å². The summed E-state index contributed by atoms with van der Waals surface area (Å²) in [6.45, 7) is 0. The lowest BCUT2D eigenvalue weighted by atomic mass is 10.1. The van der Waals surface area contributed by atoms with Crippen molar-refractivity contribution in [2.45, 2.75) is 6.23 Å². The highest BCUT2D eigenvalue weighted by molar-refractivity contribution is 9.10. The second-order valence-electron chi connectivity index (χ2n) is 4.23. The third-order valence-electron chi connectivity index (χ3n) is 2.90. The summed E-state index contributed by atoms with van der Waals surface area (Å²) in [4.78, 5) is 9.81. The van der Waals surface area contributed by atoms with Gasteiger partial charge in [-0.2, -0.15) is 0 Å². The fourth-order valence-electron chi connectivity index (χ4n) is 1.92. The molecule has 2 aromatic rings. The largest absolute Gasteiger partial charge is 0.507 e. The molecule has 0 aromatic heterocycles. The number of nitrogens with zero attached hydrogens (tertiary/aromatic N) is 1. The first-order valence-electron chi connectivity index (χ1n) is 5.88. The Hall–Kier alpha value is -1.56. The van der Waals surface area contributed by atoms with E-state index in [1.54, 1.807) is 24.3 Å². The number of nitrogens with one attached hydrogen (secondary N) is 1. The molecule has 1 heterocycles. The Kier molecular flexibility index (Phi) is 3.65. The van der Waals surface area contributed by atoms with E-state index in [1.807, 2.05) is 18.2 Å². The van der Waals surface area contributed by atoms with E-state index in [-0.39, 0.29) is 5.75 Å². The Bertz CT molecular complexity index is 691. The summed E-state index contributed by atoms with van der Waals surface area (Å²) in [6, 6.07) is 12.5. The van der Waals surface area contributed by atoms with Crippen molar-refractivity contribution in [3.8, 4) is 5.75 Å². The number of hydroxylamine groups is 1. The van der Waals surface area contributed by atoms with E-state index in [0.29, 0.717) is 16.4 Å². The van der Waals surface area contributed by atoms with Gasteiger partial charge in [-0.15, -0.1) is 0 Å². The molecule has 0 saturated carbocycles. The van der Waals surface area contributed by atoms with Gasteiger partial charge in [0.25, 0.3) is 0 Å². The summed E-state index contributed by atoms with van der Waals surface area (Å²) in [5, 5.41) is 10.5. The maximum absolute atomic E-state index is 9.88. The van der Waals surface area contributed by atoms with Crippen molar-refractivity contribution in [3.63, 3.8) is 0 Å². The van der Waals surface area contributed by atoms with E-state index in [2.05, 4.69) is 26.4 Å². The van der Waals surface area contributed by atoms with Crippen LogP contribution in [0.2, 0.25) is 5.02 Å². The Labute approximate surface area is 129 Å².